The third-order valence-electron chi connectivity index (χ3n) is 6.79. The number of nitrogens with zero attached hydrogens (tertiary/aromatic N) is 3. The molecule has 186 valence electrons. The highest BCUT2D eigenvalue weighted by molar-refractivity contribution is 6.22. The standard InChI is InChI=1S/C24H30F3N3O4/c25-24(26,27)16-34-14-4-9-28-10-12-29(13-11-28)21(31)17-7-8-19-20(15-17)23(33)30(22(19)32)18-5-2-1-3-6-18/h7-8,15,18H,1-6,9-14,16H2. The maximum Gasteiger partial charge on any atom is 0.411 e. The van der Waals surface area contributed by atoms with Crippen LogP contribution in [0.25, 0.3) is 0 Å². The number of hydrogen-bond donors (Lipinski definition) is 0. The Balaban J connectivity index is 1.29. The van der Waals surface area contributed by atoms with Crippen molar-refractivity contribution in [1.82, 2.24) is 14.7 Å². The largest absolute Gasteiger partial charge is 0.411 e. The number of amides is 3. The van der Waals surface area contributed by atoms with Gasteiger partial charge in [-0.3, -0.25) is 24.2 Å². The molecule has 34 heavy (non-hydrogen) atoms. The first-order chi connectivity index (χ1) is 16.2. The summed E-state index contributed by atoms with van der Waals surface area (Å²) >= 11 is 0. The van der Waals surface area contributed by atoms with Gasteiger partial charge in [0, 0.05) is 50.9 Å². The summed E-state index contributed by atoms with van der Waals surface area (Å²) in [5.41, 5.74) is 1.06. The summed E-state index contributed by atoms with van der Waals surface area (Å²) in [4.78, 5) is 44.1. The van der Waals surface area contributed by atoms with E-state index in [-0.39, 0.29) is 30.4 Å². The Morgan fingerprint density at radius 2 is 1.65 bits per heavy atom. The number of alkyl halides is 3. The van der Waals surface area contributed by atoms with Gasteiger partial charge < -0.3 is 9.64 Å². The van der Waals surface area contributed by atoms with E-state index in [2.05, 4.69) is 9.64 Å². The summed E-state index contributed by atoms with van der Waals surface area (Å²) in [5, 5.41) is 0. The number of ether oxygens (including phenoxy) is 1. The molecule has 0 spiro atoms. The lowest BCUT2D eigenvalue weighted by molar-refractivity contribution is -0.174. The van der Waals surface area contributed by atoms with Gasteiger partial charge in [-0.05, 0) is 37.5 Å². The second-order valence-corrected chi connectivity index (χ2v) is 9.19. The van der Waals surface area contributed by atoms with Gasteiger partial charge in [0.15, 0.2) is 0 Å². The van der Waals surface area contributed by atoms with Gasteiger partial charge in [0.25, 0.3) is 17.7 Å². The van der Waals surface area contributed by atoms with E-state index in [9.17, 15) is 27.6 Å². The number of piperazine rings is 1. The van der Waals surface area contributed by atoms with Gasteiger partial charge in [0.2, 0.25) is 0 Å². The van der Waals surface area contributed by atoms with Crippen LogP contribution in [0.3, 0.4) is 0 Å². The first-order valence-electron chi connectivity index (χ1n) is 11.9. The fourth-order valence-corrected chi connectivity index (χ4v) is 5.00. The zero-order chi connectivity index (χ0) is 24.3. The molecule has 10 heteroatoms. The van der Waals surface area contributed by atoms with E-state index in [0.29, 0.717) is 55.8 Å². The fraction of sp³-hybridized carbons (Fsp3) is 0.625. The Morgan fingerprint density at radius 3 is 2.32 bits per heavy atom. The Bertz CT molecular complexity index is 923. The monoisotopic (exact) mass is 481 g/mol. The molecule has 1 saturated carbocycles. The van der Waals surface area contributed by atoms with Crippen molar-refractivity contribution in [3.63, 3.8) is 0 Å². The summed E-state index contributed by atoms with van der Waals surface area (Å²) in [7, 11) is 0. The maximum atomic E-state index is 13.0. The Kier molecular flexibility index (Phi) is 7.57. The quantitative estimate of drug-likeness (QED) is 0.441. The Hall–Kier alpha value is -2.46. The van der Waals surface area contributed by atoms with Crippen LogP contribution < -0.4 is 0 Å². The van der Waals surface area contributed by atoms with Crippen LogP contribution in [0.5, 0.6) is 0 Å². The van der Waals surface area contributed by atoms with E-state index >= 15 is 0 Å². The van der Waals surface area contributed by atoms with Crippen LogP contribution in [0.15, 0.2) is 18.2 Å². The van der Waals surface area contributed by atoms with Gasteiger partial charge in [0.05, 0.1) is 11.1 Å². The summed E-state index contributed by atoms with van der Waals surface area (Å²) in [6.45, 7) is 1.61. The van der Waals surface area contributed by atoms with Crippen LogP contribution in [0.4, 0.5) is 13.2 Å². The average molecular weight is 482 g/mol. The molecule has 0 unspecified atom stereocenters. The van der Waals surface area contributed by atoms with E-state index in [1.54, 1.807) is 23.1 Å². The van der Waals surface area contributed by atoms with E-state index in [4.69, 9.17) is 0 Å². The molecule has 2 fully saturated rings. The van der Waals surface area contributed by atoms with Crippen LogP contribution in [0, 0.1) is 0 Å². The Morgan fingerprint density at radius 1 is 0.971 bits per heavy atom. The molecule has 4 rings (SSSR count). The molecule has 2 heterocycles. The molecule has 7 nitrogen and oxygen atoms in total. The van der Waals surface area contributed by atoms with Crippen LogP contribution in [0.1, 0.15) is 69.6 Å². The average Bonchev–Trinajstić information content (AvgIpc) is 3.08. The summed E-state index contributed by atoms with van der Waals surface area (Å²) in [6.07, 6.45) is 0.976. The molecule has 0 atom stereocenters. The first-order valence-corrected chi connectivity index (χ1v) is 11.9. The minimum Gasteiger partial charge on any atom is -0.372 e. The molecule has 3 amide bonds. The number of rotatable bonds is 7. The SMILES string of the molecule is O=C(c1ccc2c(c1)C(=O)N(C1CCCCC1)C2=O)N1CCN(CCCOCC(F)(F)F)CC1. The van der Waals surface area contributed by atoms with Gasteiger partial charge in [0.1, 0.15) is 6.61 Å². The molecule has 3 aliphatic rings. The predicted molar refractivity (Wildman–Crippen MR) is 118 cm³/mol. The van der Waals surface area contributed by atoms with Crippen LogP contribution in [0.2, 0.25) is 0 Å². The number of halogens is 3. The van der Waals surface area contributed by atoms with Crippen molar-refractivity contribution in [2.75, 3.05) is 45.9 Å². The molecular formula is C24H30F3N3O4. The number of benzene rings is 1. The zero-order valence-corrected chi connectivity index (χ0v) is 19.1. The smallest absolute Gasteiger partial charge is 0.372 e. The highest BCUT2D eigenvalue weighted by Crippen LogP contribution is 2.31. The van der Waals surface area contributed by atoms with Crippen molar-refractivity contribution in [3.8, 4) is 0 Å². The van der Waals surface area contributed by atoms with Crippen molar-refractivity contribution < 1.29 is 32.3 Å². The van der Waals surface area contributed by atoms with Crippen LogP contribution in [-0.2, 0) is 4.74 Å². The van der Waals surface area contributed by atoms with Crippen molar-refractivity contribution >= 4 is 17.7 Å². The minimum atomic E-state index is -4.31. The topological polar surface area (TPSA) is 70.2 Å². The lowest BCUT2D eigenvalue weighted by atomic mass is 9.94. The summed E-state index contributed by atoms with van der Waals surface area (Å²) in [5.74, 6) is -0.759. The second-order valence-electron chi connectivity index (χ2n) is 9.19. The van der Waals surface area contributed by atoms with Crippen molar-refractivity contribution in [2.24, 2.45) is 0 Å². The van der Waals surface area contributed by atoms with Crippen molar-refractivity contribution in [1.29, 1.82) is 0 Å². The first kappa shape index (κ1) is 24.7. The predicted octanol–water partition coefficient (Wildman–Crippen LogP) is 3.34. The molecule has 1 aliphatic carbocycles. The number of fused-ring (bicyclic) bond motifs is 1. The lowest BCUT2D eigenvalue weighted by Gasteiger charge is -2.34. The third-order valence-corrected chi connectivity index (χ3v) is 6.79. The molecule has 1 aromatic rings. The molecule has 0 radical (unpaired) electrons. The van der Waals surface area contributed by atoms with E-state index < -0.39 is 12.8 Å². The number of carbonyl (C=O) groups is 3. The lowest BCUT2D eigenvalue weighted by Crippen LogP contribution is -2.49. The molecule has 1 aromatic carbocycles. The molecule has 0 aromatic heterocycles. The maximum absolute atomic E-state index is 13.0. The van der Waals surface area contributed by atoms with E-state index in [1.165, 1.54) is 4.90 Å². The zero-order valence-electron chi connectivity index (χ0n) is 19.1. The minimum absolute atomic E-state index is 0.0401. The molecule has 0 N–H and O–H groups in total. The van der Waals surface area contributed by atoms with Crippen molar-refractivity contribution in [2.45, 2.75) is 50.7 Å². The molecule has 1 saturated heterocycles. The normalized spacial score (nSPS) is 20.2. The van der Waals surface area contributed by atoms with Crippen LogP contribution >= 0.6 is 0 Å². The van der Waals surface area contributed by atoms with E-state index in [0.717, 1.165) is 32.1 Å². The van der Waals surface area contributed by atoms with Gasteiger partial charge in [-0.15, -0.1) is 0 Å². The number of imide groups is 1. The number of carbonyl (C=O) groups excluding carboxylic acids is 3. The summed E-state index contributed by atoms with van der Waals surface area (Å²) in [6, 6.07) is 4.68. The fourth-order valence-electron chi connectivity index (χ4n) is 5.00. The van der Waals surface area contributed by atoms with Crippen LogP contribution in [-0.4, -0.2) is 90.6 Å². The highest BCUT2D eigenvalue weighted by atomic mass is 19.4. The molecular weight excluding hydrogens is 451 g/mol. The van der Waals surface area contributed by atoms with Crippen molar-refractivity contribution in [3.05, 3.63) is 34.9 Å². The summed E-state index contributed by atoms with van der Waals surface area (Å²) < 4.78 is 40.9. The molecule has 2 aliphatic heterocycles. The Labute approximate surface area is 196 Å². The van der Waals surface area contributed by atoms with Gasteiger partial charge in [-0.1, -0.05) is 19.3 Å². The second kappa shape index (κ2) is 10.4. The van der Waals surface area contributed by atoms with Gasteiger partial charge in [-0.2, -0.15) is 13.2 Å². The molecule has 0 bridgehead atoms. The highest BCUT2D eigenvalue weighted by Gasteiger charge is 2.40. The third kappa shape index (κ3) is 5.60. The van der Waals surface area contributed by atoms with E-state index in [1.807, 2.05) is 0 Å². The van der Waals surface area contributed by atoms with Gasteiger partial charge >= 0.3 is 6.18 Å². The van der Waals surface area contributed by atoms with Gasteiger partial charge in [-0.25, -0.2) is 0 Å². The number of hydrogen-bond acceptors (Lipinski definition) is 5.